The molecule has 7 nitrogen and oxygen atoms in total. The number of carbonyl (C=O) groups excluding carboxylic acids is 1. The average molecular weight is 468 g/mol. The number of hydrogen-bond donors (Lipinski definition) is 1. The molecule has 1 aliphatic rings. The van der Waals surface area contributed by atoms with E-state index in [1.165, 1.54) is 17.3 Å². The van der Waals surface area contributed by atoms with Gasteiger partial charge in [0.15, 0.2) is 11.5 Å². The third-order valence-electron chi connectivity index (χ3n) is 5.60. The molecule has 33 heavy (non-hydrogen) atoms. The zero-order valence-electron chi connectivity index (χ0n) is 19.4. The molecule has 1 aliphatic heterocycles. The fraction of sp³-hybridized carbons (Fsp3) is 0.400. The van der Waals surface area contributed by atoms with Crippen LogP contribution in [0.3, 0.4) is 0 Å². The minimum Gasteiger partial charge on any atom is -0.490 e. The second-order valence-electron chi connectivity index (χ2n) is 8.51. The van der Waals surface area contributed by atoms with Crippen LogP contribution in [0.5, 0.6) is 11.5 Å². The molecule has 2 aromatic carbocycles. The van der Waals surface area contributed by atoms with Crippen LogP contribution in [0.4, 0.5) is 0 Å². The highest BCUT2D eigenvalue weighted by Gasteiger charge is 2.22. The van der Waals surface area contributed by atoms with Crippen molar-refractivity contribution in [2.75, 3.05) is 19.0 Å². The molecule has 1 amide bonds. The lowest BCUT2D eigenvalue weighted by Gasteiger charge is -2.23. The third-order valence-corrected chi connectivity index (χ3v) is 6.42. The van der Waals surface area contributed by atoms with Crippen molar-refractivity contribution >= 4 is 17.7 Å². The van der Waals surface area contributed by atoms with Crippen LogP contribution >= 0.6 is 11.8 Å². The highest BCUT2D eigenvalue weighted by Crippen LogP contribution is 2.34. The van der Waals surface area contributed by atoms with Crippen LogP contribution in [0.1, 0.15) is 43.0 Å². The van der Waals surface area contributed by atoms with E-state index >= 15 is 0 Å². The molecule has 0 saturated heterocycles. The maximum absolute atomic E-state index is 12.7. The standard InChI is InChI=1S/C25H29N3O4S/c1-15(2)23(18-8-9-20-21(13-18)31-11-5-10-30-20)26-22(29)14-33-25-28-27-24(32-25)19-7-6-16(3)17(4)12-19/h6-9,12-13,15,23H,5,10-11,14H2,1-4H3,(H,26,29)/t23-/m1/s1. The second-order valence-corrected chi connectivity index (χ2v) is 9.43. The SMILES string of the molecule is Cc1ccc(-c2nnc(SCC(=O)N[C@@H](c3ccc4c(c3)OCCCO4)C(C)C)o2)cc1C. The Balaban J connectivity index is 1.39. The monoisotopic (exact) mass is 467 g/mol. The third kappa shape index (κ3) is 5.68. The molecule has 4 rings (SSSR count). The van der Waals surface area contributed by atoms with Gasteiger partial charge in [-0.05, 0) is 60.7 Å². The predicted molar refractivity (Wildman–Crippen MR) is 128 cm³/mol. The summed E-state index contributed by atoms with van der Waals surface area (Å²) in [5.74, 6) is 2.21. The number of aryl methyl sites for hydroxylation is 2. The van der Waals surface area contributed by atoms with Crippen molar-refractivity contribution in [1.29, 1.82) is 0 Å². The summed E-state index contributed by atoms with van der Waals surface area (Å²) < 4.78 is 17.3. The summed E-state index contributed by atoms with van der Waals surface area (Å²) in [6, 6.07) is 11.7. The van der Waals surface area contributed by atoms with E-state index in [0.29, 0.717) is 24.3 Å². The molecule has 1 atom stereocenters. The Morgan fingerprint density at radius 3 is 2.58 bits per heavy atom. The molecule has 0 fully saturated rings. The Kier molecular flexibility index (Phi) is 7.23. The first kappa shape index (κ1) is 23.2. The van der Waals surface area contributed by atoms with Crippen molar-refractivity contribution in [2.45, 2.75) is 45.4 Å². The van der Waals surface area contributed by atoms with Gasteiger partial charge in [0, 0.05) is 12.0 Å². The summed E-state index contributed by atoms with van der Waals surface area (Å²) in [6.07, 6.45) is 0.854. The zero-order valence-corrected chi connectivity index (χ0v) is 20.2. The highest BCUT2D eigenvalue weighted by molar-refractivity contribution is 7.99. The first-order chi connectivity index (χ1) is 15.9. The number of carbonyl (C=O) groups is 1. The fourth-order valence-corrected chi connectivity index (χ4v) is 4.18. The van der Waals surface area contributed by atoms with Crippen LogP contribution in [0.15, 0.2) is 46.0 Å². The van der Waals surface area contributed by atoms with E-state index in [9.17, 15) is 4.79 Å². The Bertz CT molecular complexity index is 1130. The van der Waals surface area contributed by atoms with Gasteiger partial charge in [-0.2, -0.15) is 0 Å². The van der Waals surface area contributed by atoms with E-state index in [4.69, 9.17) is 13.9 Å². The fourth-order valence-electron chi connectivity index (χ4n) is 3.61. The van der Waals surface area contributed by atoms with E-state index < -0.39 is 0 Å². The lowest BCUT2D eigenvalue weighted by Crippen LogP contribution is -2.33. The first-order valence-electron chi connectivity index (χ1n) is 11.1. The molecule has 2 heterocycles. The molecule has 174 valence electrons. The minimum atomic E-state index is -0.149. The molecular formula is C25H29N3O4S. The van der Waals surface area contributed by atoms with Crippen molar-refractivity contribution in [3.63, 3.8) is 0 Å². The lowest BCUT2D eigenvalue weighted by molar-refractivity contribution is -0.119. The topological polar surface area (TPSA) is 86.5 Å². The van der Waals surface area contributed by atoms with Crippen LogP contribution in [0.2, 0.25) is 0 Å². The van der Waals surface area contributed by atoms with Crippen molar-refractivity contribution in [2.24, 2.45) is 5.92 Å². The molecule has 0 aliphatic carbocycles. The van der Waals surface area contributed by atoms with Gasteiger partial charge < -0.3 is 19.2 Å². The summed E-state index contributed by atoms with van der Waals surface area (Å²) in [5.41, 5.74) is 4.23. The normalized spacial score (nSPS) is 14.1. The van der Waals surface area contributed by atoms with Gasteiger partial charge in [0.1, 0.15) is 0 Å². The number of rotatable bonds is 7. The molecule has 1 aromatic heterocycles. The maximum Gasteiger partial charge on any atom is 0.277 e. The summed E-state index contributed by atoms with van der Waals surface area (Å²) >= 11 is 1.23. The predicted octanol–water partition coefficient (Wildman–Crippen LogP) is 5.12. The quantitative estimate of drug-likeness (QED) is 0.483. The molecule has 1 N–H and O–H groups in total. The molecule has 0 radical (unpaired) electrons. The van der Waals surface area contributed by atoms with E-state index in [2.05, 4.69) is 36.3 Å². The number of thioether (sulfide) groups is 1. The molecule has 0 spiro atoms. The number of nitrogens with one attached hydrogen (secondary N) is 1. The van der Waals surface area contributed by atoms with Gasteiger partial charge in [-0.15, -0.1) is 10.2 Å². The molecule has 8 heteroatoms. The van der Waals surface area contributed by atoms with Gasteiger partial charge in [-0.3, -0.25) is 4.79 Å². The molecular weight excluding hydrogens is 438 g/mol. The van der Waals surface area contributed by atoms with Crippen LogP contribution in [0.25, 0.3) is 11.5 Å². The van der Waals surface area contributed by atoms with Crippen molar-refractivity contribution < 1.29 is 18.7 Å². The summed E-state index contributed by atoms with van der Waals surface area (Å²) in [7, 11) is 0. The Labute approximate surface area is 198 Å². The zero-order chi connectivity index (χ0) is 23.4. The molecule has 0 bridgehead atoms. The molecule has 3 aromatic rings. The number of aromatic nitrogens is 2. The van der Waals surface area contributed by atoms with Gasteiger partial charge in [-0.1, -0.05) is 37.7 Å². The van der Waals surface area contributed by atoms with Gasteiger partial charge in [-0.25, -0.2) is 0 Å². The number of nitrogens with zero attached hydrogens (tertiary/aromatic N) is 2. The number of hydrogen-bond acceptors (Lipinski definition) is 7. The summed E-state index contributed by atoms with van der Waals surface area (Å²) in [5, 5.41) is 11.7. The minimum absolute atomic E-state index is 0.100. The smallest absolute Gasteiger partial charge is 0.277 e. The van der Waals surface area contributed by atoms with Crippen molar-refractivity contribution in [3.05, 3.63) is 53.1 Å². The summed E-state index contributed by atoms with van der Waals surface area (Å²) in [6.45, 7) is 9.53. The Morgan fingerprint density at radius 2 is 1.82 bits per heavy atom. The molecule has 0 unspecified atom stereocenters. The van der Waals surface area contributed by atoms with Gasteiger partial charge in [0.2, 0.25) is 11.8 Å². The van der Waals surface area contributed by atoms with Crippen LogP contribution < -0.4 is 14.8 Å². The summed E-state index contributed by atoms with van der Waals surface area (Å²) in [4.78, 5) is 12.7. The van der Waals surface area contributed by atoms with Gasteiger partial charge >= 0.3 is 0 Å². The van der Waals surface area contributed by atoms with Crippen molar-refractivity contribution in [1.82, 2.24) is 15.5 Å². The van der Waals surface area contributed by atoms with Crippen molar-refractivity contribution in [3.8, 4) is 23.0 Å². The Morgan fingerprint density at radius 1 is 1.03 bits per heavy atom. The lowest BCUT2D eigenvalue weighted by atomic mass is 9.95. The van der Waals surface area contributed by atoms with E-state index in [0.717, 1.165) is 34.6 Å². The maximum atomic E-state index is 12.7. The number of amides is 1. The highest BCUT2D eigenvalue weighted by atomic mass is 32.2. The van der Waals surface area contributed by atoms with E-state index in [1.54, 1.807) is 0 Å². The van der Waals surface area contributed by atoms with E-state index in [1.807, 2.05) is 43.3 Å². The Hall–Kier alpha value is -3.00. The number of benzene rings is 2. The largest absolute Gasteiger partial charge is 0.490 e. The number of ether oxygens (including phenoxy) is 2. The van der Waals surface area contributed by atoms with E-state index in [-0.39, 0.29) is 23.6 Å². The van der Waals surface area contributed by atoms with Crippen LogP contribution in [-0.2, 0) is 4.79 Å². The van der Waals surface area contributed by atoms with Gasteiger partial charge in [0.05, 0.1) is 25.0 Å². The average Bonchev–Trinajstić information content (AvgIpc) is 3.15. The number of fused-ring (bicyclic) bond motifs is 1. The van der Waals surface area contributed by atoms with Crippen LogP contribution in [0, 0.1) is 19.8 Å². The van der Waals surface area contributed by atoms with Crippen LogP contribution in [-0.4, -0.2) is 35.1 Å². The van der Waals surface area contributed by atoms with Gasteiger partial charge in [0.25, 0.3) is 5.22 Å². The molecule has 0 saturated carbocycles. The first-order valence-corrected chi connectivity index (χ1v) is 12.1. The second kappa shape index (κ2) is 10.3.